The zero-order chi connectivity index (χ0) is 9.68. The van der Waals surface area contributed by atoms with E-state index in [9.17, 15) is 4.91 Å². The molecule has 0 aliphatic carbocycles. The lowest BCUT2D eigenvalue weighted by Crippen LogP contribution is -2.22. The van der Waals surface area contributed by atoms with E-state index in [1.54, 1.807) is 6.07 Å². The van der Waals surface area contributed by atoms with Gasteiger partial charge in [0.2, 0.25) is 0 Å². The Hall–Kier alpha value is -1.45. The first-order chi connectivity index (χ1) is 6.31. The zero-order valence-corrected chi connectivity index (χ0v) is 7.90. The number of rotatable bonds is 4. The van der Waals surface area contributed by atoms with E-state index in [0.29, 0.717) is 5.69 Å². The van der Waals surface area contributed by atoms with Crippen molar-refractivity contribution in [2.45, 2.75) is 13.8 Å². The molecule has 1 heterocycles. The number of nitrogens with zero attached hydrogens (tertiary/aromatic N) is 3. The summed E-state index contributed by atoms with van der Waals surface area (Å²) in [7, 11) is 0. The Labute approximate surface area is 77.6 Å². The lowest BCUT2D eigenvalue weighted by molar-refractivity contribution is 0.846. The van der Waals surface area contributed by atoms with Gasteiger partial charge >= 0.3 is 0 Å². The van der Waals surface area contributed by atoms with Crippen LogP contribution in [0.1, 0.15) is 13.8 Å². The molecule has 1 aromatic rings. The van der Waals surface area contributed by atoms with Crippen LogP contribution < -0.4 is 4.90 Å². The van der Waals surface area contributed by atoms with E-state index in [1.807, 2.05) is 6.07 Å². The maximum atomic E-state index is 10.1. The van der Waals surface area contributed by atoms with Crippen LogP contribution in [0.2, 0.25) is 0 Å². The second-order valence-electron chi connectivity index (χ2n) is 2.64. The molecule has 0 fully saturated rings. The fourth-order valence-electron chi connectivity index (χ4n) is 1.17. The van der Waals surface area contributed by atoms with Crippen molar-refractivity contribution in [1.29, 1.82) is 0 Å². The van der Waals surface area contributed by atoms with E-state index >= 15 is 0 Å². The molecule has 0 aliphatic heterocycles. The van der Waals surface area contributed by atoms with Gasteiger partial charge in [-0.25, -0.2) is 4.98 Å². The lowest BCUT2D eigenvalue weighted by atomic mass is 10.4. The van der Waals surface area contributed by atoms with Crippen LogP contribution in [0, 0.1) is 4.91 Å². The first kappa shape index (κ1) is 9.64. The van der Waals surface area contributed by atoms with Gasteiger partial charge in [0, 0.05) is 13.1 Å². The molecule has 0 bridgehead atoms. The van der Waals surface area contributed by atoms with Crippen LogP contribution in [0.15, 0.2) is 23.5 Å². The van der Waals surface area contributed by atoms with Gasteiger partial charge in [-0.2, -0.15) is 0 Å². The van der Waals surface area contributed by atoms with Gasteiger partial charge in [0.1, 0.15) is 11.5 Å². The highest BCUT2D eigenvalue weighted by molar-refractivity contribution is 5.44. The maximum Gasteiger partial charge on any atom is 0.128 e. The molecule has 0 amide bonds. The third-order valence-corrected chi connectivity index (χ3v) is 1.93. The minimum atomic E-state index is 0.371. The van der Waals surface area contributed by atoms with Gasteiger partial charge in [-0.1, -0.05) is 0 Å². The highest BCUT2D eigenvalue weighted by atomic mass is 16.3. The molecule has 0 saturated heterocycles. The largest absolute Gasteiger partial charge is 0.357 e. The Balaban J connectivity index is 2.83. The molecule has 1 aromatic heterocycles. The van der Waals surface area contributed by atoms with Gasteiger partial charge in [0.15, 0.2) is 0 Å². The summed E-state index contributed by atoms with van der Waals surface area (Å²) in [6.45, 7) is 5.96. The SMILES string of the molecule is CCN(CC)c1ccc(N=O)cn1. The Morgan fingerprint density at radius 2 is 2.08 bits per heavy atom. The lowest BCUT2D eigenvalue weighted by Gasteiger charge is -2.19. The van der Waals surface area contributed by atoms with Crippen LogP contribution in [-0.2, 0) is 0 Å². The van der Waals surface area contributed by atoms with Gasteiger partial charge in [0.25, 0.3) is 0 Å². The van der Waals surface area contributed by atoms with Crippen LogP contribution >= 0.6 is 0 Å². The van der Waals surface area contributed by atoms with Crippen LogP contribution in [0.25, 0.3) is 0 Å². The van der Waals surface area contributed by atoms with E-state index in [4.69, 9.17) is 0 Å². The summed E-state index contributed by atoms with van der Waals surface area (Å²) >= 11 is 0. The molecular weight excluding hydrogens is 166 g/mol. The second-order valence-corrected chi connectivity index (χ2v) is 2.64. The Bertz CT molecular complexity index is 267. The molecule has 0 saturated carbocycles. The molecule has 0 spiro atoms. The molecule has 0 atom stereocenters. The Morgan fingerprint density at radius 1 is 1.38 bits per heavy atom. The quantitative estimate of drug-likeness (QED) is 0.666. The molecule has 13 heavy (non-hydrogen) atoms. The van der Waals surface area contributed by atoms with Crippen molar-refractivity contribution in [3.63, 3.8) is 0 Å². The monoisotopic (exact) mass is 179 g/mol. The number of pyridine rings is 1. The van der Waals surface area contributed by atoms with Crippen LogP contribution in [-0.4, -0.2) is 18.1 Å². The topological polar surface area (TPSA) is 45.6 Å². The van der Waals surface area contributed by atoms with Crippen molar-refractivity contribution in [3.05, 3.63) is 23.2 Å². The number of hydrogen-bond acceptors (Lipinski definition) is 4. The van der Waals surface area contributed by atoms with E-state index in [2.05, 4.69) is 28.9 Å². The molecule has 1 rings (SSSR count). The summed E-state index contributed by atoms with van der Waals surface area (Å²) < 4.78 is 0. The highest BCUT2D eigenvalue weighted by Gasteiger charge is 2.02. The van der Waals surface area contributed by atoms with E-state index in [1.165, 1.54) is 6.20 Å². The Morgan fingerprint density at radius 3 is 2.46 bits per heavy atom. The zero-order valence-electron chi connectivity index (χ0n) is 7.90. The van der Waals surface area contributed by atoms with Gasteiger partial charge < -0.3 is 4.90 Å². The molecule has 0 aromatic carbocycles. The first-order valence-corrected chi connectivity index (χ1v) is 4.36. The number of anilines is 1. The van der Waals surface area contributed by atoms with Crippen molar-refractivity contribution in [3.8, 4) is 0 Å². The molecule has 70 valence electrons. The summed E-state index contributed by atoms with van der Waals surface area (Å²) in [5, 5.41) is 2.79. The van der Waals surface area contributed by atoms with E-state index < -0.39 is 0 Å². The molecule has 0 unspecified atom stereocenters. The summed E-state index contributed by atoms with van der Waals surface area (Å²) in [5.41, 5.74) is 0.371. The van der Waals surface area contributed by atoms with E-state index in [0.717, 1.165) is 18.9 Å². The minimum Gasteiger partial charge on any atom is -0.357 e. The standard InChI is InChI=1S/C9H13N3O/c1-3-12(4-2)9-6-5-8(11-13)7-10-9/h5-7H,3-4H2,1-2H3. The maximum absolute atomic E-state index is 10.1. The normalized spacial score (nSPS) is 9.69. The Kier molecular flexibility index (Phi) is 3.37. The fourth-order valence-corrected chi connectivity index (χ4v) is 1.17. The van der Waals surface area contributed by atoms with Gasteiger partial charge in [0.05, 0.1) is 6.20 Å². The van der Waals surface area contributed by atoms with Gasteiger partial charge in [-0.15, -0.1) is 4.91 Å². The number of aromatic nitrogens is 1. The van der Waals surface area contributed by atoms with Crippen molar-refractivity contribution >= 4 is 11.5 Å². The minimum absolute atomic E-state index is 0.371. The third-order valence-electron chi connectivity index (χ3n) is 1.93. The predicted molar refractivity (Wildman–Crippen MR) is 53.3 cm³/mol. The third kappa shape index (κ3) is 2.24. The predicted octanol–water partition coefficient (Wildman–Crippen LogP) is 2.33. The molecule has 4 heteroatoms. The van der Waals surface area contributed by atoms with Gasteiger partial charge in [-0.3, -0.25) is 0 Å². The first-order valence-electron chi connectivity index (χ1n) is 4.36. The molecular formula is C9H13N3O. The number of hydrogen-bond donors (Lipinski definition) is 0. The summed E-state index contributed by atoms with van der Waals surface area (Å²) in [5.74, 6) is 0.886. The molecule has 4 nitrogen and oxygen atoms in total. The average Bonchev–Trinajstić information content (AvgIpc) is 2.21. The summed E-state index contributed by atoms with van der Waals surface area (Å²) in [6.07, 6.45) is 1.49. The fraction of sp³-hybridized carbons (Fsp3) is 0.444. The number of nitroso groups, excluding NO2 is 1. The molecule has 0 N–H and O–H groups in total. The average molecular weight is 179 g/mol. The van der Waals surface area contributed by atoms with Crippen LogP contribution in [0.5, 0.6) is 0 Å². The molecule has 0 aliphatic rings. The van der Waals surface area contributed by atoms with E-state index in [-0.39, 0.29) is 0 Å². The summed E-state index contributed by atoms with van der Waals surface area (Å²) in [6, 6.07) is 3.48. The highest BCUT2D eigenvalue weighted by Crippen LogP contribution is 2.15. The summed E-state index contributed by atoms with van der Waals surface area (Å²) in [4.78, 5) is 16.4. The van der Waals surface area contributed by atoms with Crippen molar-refractivity contribution in [1.82, 2.24) is 4.98 Å². The van der Waals surface area contributed by atoms with Crippen LogP contribution in [0.3, 0.4) is 0 Å². The smallest absolute Gasteiger partial charge is 0.128 e. The molecule has 0 radical (unpaired) electrons. The van der Waals surface area contributed by atoms with Crippen molar-refractivity contribution in [2.75, 3.05) is 18.0 Å². The van der Waals surface area contributed by atoms with Crippen molar-refractivity contribution in [2.24, 2.45) is 5.18 Å². The van der Waals surface area contributed by atoms with Gasteiger partial charge in [-0.05, 0) is 31.2 Å². The van der Waals surface area contributed by atoms with Crippen LogP contribution in [0.4, 0.5) is 11.5 Å². The second kappa shape index (κ2) is 4.54. The van der Waals surface area contributed by atoms with Crippen molar-refractivity contribution < 1.29 is 0 Å².